The molecule has 0 spiro atoms. The number of hydrogen-bond acceptors (Lipinski definition) is 7. The highest BCUT2D eigenvalue weighted by Gasteiger charge is 2.16. The van der Waals surface area contributed by atoms with Crippen LogP contribution in [-0.2, 0) is 6.54 Å². The van der Waals surface area contributed by atoms with E-state index in [1.54, 1.807) is 6.20 Å². The highest BCUT2D eigenvalue weighted by atomic mass is 32.1. The minimum absolute atomic E-state index is 0.253. The van der Waals surface area contributed by atoms with E-state index in [1.807, 2.05) is 18.2 Å². The van der Waals surface area contributed by atoms with Crippen molar-refractivity contribution in [1.82, 2.24) is 30.3 Å². The van der Waals surface area contributed by atoms with Crippen molar-refractivity contribution in [2.45, 2.75) is 13.0 Å². The quantitative estimate of drug-likeness (QED) is 0.527. The van der Waals surface area contributed by atoms with Crippen LogP contribution in [-0.4, -0.2) is 70.3 Å². The molecule has 9 heteroatoms. The van der Waals surface area contributed by atoms with Crippen molar-refractivity contribution in [2.24, 2.45) is 0 Å². The average Bonchev–Trinajstić information content (AvgIpc) is 3.27. The highest BCUT2D eigenvalue weighted by Crippen LogP contribution is 2.24. The van der Waals surface area contributed by atoms with Gasteiger partial charge in [-0.3, -0.25) is 15.2 Å². The van der Waals surface area contributed by atoms with Crippen LogP contribution in [0.15, 0.2) is 54.7 Å². The third-order valence-electron chi connectivity index (χ3n) is 5.18. The number of aromatic nitrogens is 3. The van der Waals surface area contributed by atoms with Crippen LogP contribution in [0.3, 0.4) is 0 Å². The molecule has 0 saturated carbocycles. The highest BCUT2D eigenvalue weighted by molar-refractivity contribution is 7.18. The molecule has 2 N–H and O–H groups in total. The molecule has 8 nitrogen and oxygen atoms in total. The van der Waals surface area contributed by atoms with Gasteiger partial charge in [-0.25, -0.2) is 4.79 Å². The minimum atomic E-state index is -0.253. The first-order valence-electron chi connectivity index (χ1n) is 10.5. The molecule has 1 aliphatic heterocycles. The summed E-state index contributed by atoms with van der Waals surface area (Å²) in [6.07, 6.45) is 2.63. The zero-order valence-electron chi connectivity index (χ0n) is 17.4. The van der Waals surface area contributed by atoms with Gasteiger partial charge in [-0.1, -0.05) is 47.7 Å². The molecule has 1 aromatic carbocycles. The van der Waals surface area contributed by atoms with Gasteiger partial charge in [-0.2, -0.15) is 0 Å². The molecule has 2 aromatic heterocycles. The number of carbonyl (C=O) groups is 1. The topological polar surface area (TPSA) is 86.3 Å². The van der Waals surface area contributed by atoms with Crippen LogP contribution >= 0.6 is 11.3 Å². The van der Waals surface area contributed by atoms with Crippen molar-refractivity contribution in [3.63, 3.8) is 0 Å². The van der Waals surface area contributed by atoms with Gasteiger partial charge in [0.15, 0.2) is 5.01 Å². The van der Waals surface area contributed by atoms with Gasteiger partial charge in [0.2, 0.25) is 5.13 Å². The van der Waals surface area contributed by atoms with Gasteiger partial charge in [0.05, 0.1) is 0 Å². The fourth-order valence-corrected chi connectivity index (χ4v) is 4.24. The zero-order valence-corrected chi connectivity index (χ0v) is 18.2. The number of benzene rings is 1. The Kier molecular flexibility index (Phi) is 7.54. The predicted molar refractivity (Wildman–Crippen MR) is 123 cm³/mol. The van der Waals surface area contributed by atoms with Crippen molar-refractivity contribution >= 4 is 22.5 Å². The number of anilines is 1. The fourth-order valence-electron chi connectivity index (χ4n) is 3.53. The monoisotopic (exact) mass is 437 g/mol. The van der Waals surface area contributed by atoms with Crippen LogP contribution in [0.5, 0.6) is 0 Å². The maximum absolute atomic E-state index is 12.1. The number of urea groups is 1. The molecular weight excluding hydrogens is 410 g/mol. The Labute approximate surface area is 186 Å². The first-order chi connectivity index (χ1) is 15.3. The molecule has 0 bridgehead atoms. The molecule has 4 rings (SSSR count). The maximum atomic E-state index is 12.1. The summed E-state index contributed by atoms with van der Waals surface area (Å²) in [6.45, 7) is 6.94. The van der Waals surface area contributed by atoms with E-state index in [-0.39, 0.29) is 6.03 Å². The largest absolute Gasteiger partial charge is 0.338 e. The van der Waals surface area contributed by atoms with Crippen molar-refractivity contribution in [1.29, 1.82) is 0 Å². The fraction of sp³-hybridized carbons (Fsp3) is 0.364. The van der Waals surface area contributed by atoms with Crippen LogP contribution in [0, 0.1) is 0 Å². The van der Waals surface area contributed by atoms with Gasteiger partial charge < -0.3 is 10.2 Å². The Hall–Kier alpha value is -2.88. The van der Waals surface area contributed by atoms with Crippen LogP contribution in [0.25, 0.3) is 10.7 Å². The molecular formula is C22H27N7OS. The van der Waals surface area contributed by atoms with E-state index in [1.165, 1.54) is 16.9 Å². The number of carbonyl (C=O) groups excluding carboxylic acids is 1. The summed E-state index contributed by atoms with van der Waals surface area (Å²) >= 11 is 1.31. The molecule has 1 aliphatic rings. The zero-order chi connectivity index (χ0) is 21.3. The summed E-state index contributed by atoms with van der Waals surface area (Å²) in [5.41, 5.74) is 2.12. The molecule has 0 unspecified atom stereocenters. The van der Waals surface area contributed by atoms with Crippen molar-refractivity contribution < 1.29 is 4.79 Å². The lowest BCUT2D eigenvalue weighted by molar-refractivity contribution is 0.126. The van der Waals surface area contributed by atoms with Crippen molar-refractivity contribution in [3.05, 3.63) is 60.3 Å². The number of pyridine rings is 1. The van der Waals surface area contributed by atoms with Crippen molar-refractivity contribution in [3.8, 4) is 10.7 Å². The summed E-state index contributed by atoms with van der Waals surface area (Å²) in [4.78, 5) is 21.3. The maximum Gasteiger partial charge on any atom is 0.321 e. The summed E-state index contributed by atoms with van der Waals surface area (Å²) < 4.78 is 0. The van der Waals surface area contributed by atoms with Crippen molar-refractivity contribution in [2.75, 3.05) is 44.6 Å². The number of hydrogen-bond donors (Lipinski definition) is 2. The molecule has 162 valence electrons. The van der Waals surface area contributed by atoms with Gasteiger partial charge in [-0.15, -0.1) is 10.2 Å². The Morgan fingerprint density at radius 3 is 2.52 bits per heavy atom. The molecule has 2 amide bonds. The van der Waals surface area contributed by atoms with Crippen LogP contribution in [0.1, 0.15) is 12.0 Å². The standard InChI is InChI=1S/C22H27N7OS/c30-21(25-22-27-26-20(31-22)19-9-4-5-10-23-19)24-11-6-12-28-13-15-29(16-14-28)17-18-7-2-1-3-8-18/h1-5,7-10H,6,11-17H2,(H2,24,25,27,30). The Morgan fingerprint density at radius 1 is 0.968 bits per heavy atom. The SMILES string of the molecule is O=C(NCCCN1CCN(Cc2ccccc2)CC1)Nc1nnc(-c2ccccn2)s1. The third kappa shape index (κ3) is 6.55. The number of piperazine rings is 1. The molecule has 1 fully saturated rings. The van der Waals surface area contributed by atoms with Gasteiger partial charge in [0, 0.05) is 45.5 Å². The van der Waals surface area contributed by atoms with Gasteiger partial charge in [-0.05, 0) is 30.7 Å². The van der Waals surface area contributed by atoms with E-state index in [0.29, 0.717) is 16.7 Å². The summed E-state index contributed by atoms with van der Waals surface area (Å²) in [7, 11) is 0. The van der Waals surface area contributed by atoms with E-state index >= 15 is 0 Å². The summed E-state index contributed by atoms with van der Waals surface area (Å²) in [5.74, 6) is 0. The predicted octanol–water partition coefficient (Wildman–Crippen LogP) is 2.93. The van der Waals surface area contributed by atoms with Crippen LogP contribution in [0.4, 0.5) is 9.93 Å². The Balaban J connectivity index is 1.10. The van der Waals surface area contributed by atoms with Crippen LogP contribution in [0.2, 0.25) is 0 Å². The van der Waals surface area contributed by atoms with Crippen LogP contribution < -0.4 is 10.6 Å². The van der Waals surface area contributed by atoms with E-state index < -0.39 is 0 Å². The lowest BCUT2D eigenvalue weighted by Crippen LogP contribution is -2.46. The smallest absolute Gasteiger partial charge is 0.321 e. The number of nitrogens with one attached hydrogen (secondary N) is 2. The van der Waals surface area contributed by atoms with E-state index in [2.05, 4.69) is 65.9 Å². The first-order valence-corrected chi connectivity index (χ1v) is 11.4. The lowest BCUT2D eigenvalue weighted by atomic mass is 10.2. The molecule has 3 heterocycles. The summed E-state index contributed by atoms with van der Waals surface area (Å²) in [5, 5.41) is 14.9. The van der Waals surface area contributed by atoms with E-state index in [0.717, 1.165) is 51.4 Å². The van der Waals surface area contributed by atoms with E-state index in [9.17, 15) is 4.79 Å². The Morgan fingerprint density at radius 2 is 1.74 bits per heavy atom. The molecule has 3 aromatic rings. The van der Waals surface area contributed by atoms with E-state index in [4.69, 9.17) is 0 Å². The second kappa shape index (κ2) is 10.9. The Bertz CT molecular complexity index is 943. The van der Waals surface area contributed by atoms with Gasteiger partial charge in [0.25, 0.3) is 0 Å². The minimum Gasteiger partial charge on any atom is -0.338 e. The molecule has 0 radical (unpaired) electrons. The number of nitrogens with zero attached hydrogens (tertiary/aromatic N) is 5. The van der Waals surface area contributed by atoms with Gasteiger partial charge in [0.1, 0.15) is 5.69 Å². The normalized spacial score (nSPS) is 15.0. The molecule has 31 heavy (non-hydrogen) atoms. The second-order valence-corrected chi connectivity index (χ2v) is 8.44. The molecule has 0 atom stereocenters. The van der Waals surface area contributed by atoms with Gasteiger partial charge >= 0.3 is 6.03 Å². The lowest BCUT2D eigenvalue weighted by Gasteiger charge is -2.34. The number of rotatable bonds is 8. The number of amides is 2. The molecule has 0 aliphatic carbocycles. The second-order valence-electron chi connectivity index (χ2n) is 7.47. The first kappa shape index (κ1) is 21.4. The summed E-state index contributed by atoms with van der Waals surface area (Å²) in [6, 6.07) is 16.0. The average molecular weight is 438 g/mol. The third-order valence-corrected chi connectivity index (χ3v) is 6.04. The molecule has 1 saturated heterocycles.